The smallest absolute Gasteiger partial charge is 0.312 e. The summed E-state index contributed by atoms with van der Waals surface area (Å²) in [4.78, 5) is 25.0. The first-order valence-electron chi connectivity index (χ1n) is 9.29. The Balaban J connectivity index is 3.18. The molecule has 0 aliphatic heterocycles. The van der Waals surface area contributed by atoms with Crippen LogP contribution in [0.4, 0.5) is 0 Å². The largest absolute Gasteiger partial charge is 0.481 e. The summed E-state index contributed by atoms with van der Waals surface area (Å²) >= 11 is 0. The Kier molecular flexibility index (Phi) is 8.07. The molecule has 0 spiro atoms. The lowest BCUT2D eigenvalue weighted by molar-refractivity contribution is -0.172. The van der Waals surface area contributed by atoms with Crippen molar-refractivity contribution in [3.05, 3.63) is 0 Å². The fourth-order valence-corrected chi connectivity index (χ4v) is 4.10. The van der Waals surface area contributed by atoms with Crippen LogP contribution >= 0.6 is 0 Å². The van der Waals surface area contributed by atoms with Crippen molar-refractivity contribution in [1.29, 1.82) is 0 Å². The van der Waals surface area contributed by atoms with Gasteiger partial charge >= 0.3 is 11.9 Å². The van der Waals surface area contributed by atoms with Crippen molar-refractivity contribution in [3.63, 3.8) is 0 Å². The second-order valence-electron chi connectivity index (χ2n) is 7.38. The normalized spacial score (nSPS) is 20.0. The number of esters is 1. The molecule has 134 valence electrons. The van der Waals surface area contributed by atoms with Gasteiger partial charge in [0.15, 0.2) is 0 Å². The zero-order valence-corrected chi connectivity index (χ0v) is 15.3. The van der Waals surface area contributed by atoms with Crippen LogP contribution in [0.1, 0.15) is 79.1 Å². The molecule has 1 rings (SSSR count). The summed E-state index contributed by atoms with van der Waals surface area (Å²) in [5.74, 6) is -1.21. The molecule has 0 bridgehead atoms. The van der Waals surface area contributed by atoms with Gasteiger partial charge in [0.05, 0.1) is 17.9 Å². The Morgan fingerprint density at radius 1 is 1.17 bits per heavy atom. The van der Waals surface area contributed by atoms with E-state index in [-0.39, 0.29) is 11.9 Å². The molecule has 1 fully saturated rings. The van der Waals surface area contributed by atoms with E-state index in [1.54, 1.807) is 6.92 Å². The van der Waals surface area contributed by atoms with Crippen molar-refractivity contribution in [2.75, 3.05) is 6.61 Å². The van der Waals surface area contributed by atoms with Gasteiger partial charge in [0.1, 0.15) is 0 Å². The van der Waals surface area contributed by atoms with Gasteiger partial charge in [-0.2, -0.15) is 0 Å². The maximum Gasteiger partial charge on any atom is 0.312 e. The van der Waals surface area contributed by atoms with Crippen LogP contribution in [-0.4, -0.2) is 23.7 Å². The highest BCUT2D eigenvalue weighted by atomic mass is 16.5. The lowest BCUT2D eigenvalue weighted by atomic mass is 9.62. The summed E-state index contributed by atoms with van der Waals surface area (Å²) in [5.41, 5.74) is -0.881. The van der Waals surface area contributed by atoms with Crippen molar-refractivity contribution in [2.24, 2.45) is 23.2 Å². The van der Waals surface area contributed by atoms with Gasteiger partial charge < -0.3 is 9.84 Å². The maximum atomic E-state index is 12.8. The Bertz CT molecular complexity index is 385. The van der Waals surface area contributed by atoms with E-state index >= 15 is 0 Å². The maximum absolute atomic E-state index is 12.8. The molecule has 23 heavy (non-hydrogen) atoms. The van der Waals surface area contributed by atoms with E-state index in [2.05, 4.69) is 13.8 Å². The van der Waals surface area contributed by atoms with Crippen molar-refractivity contribution < 1.29 is 19.4 Å². The molecule has 0 saturated heterocycles. The van der Waals surface area contributed by atoms with Gasteiger partial charge in [0.25, 0.3) is 0 Å². The molecular formula is C19H34O4. The Hall–Kier alpha value is -1.06. The van der Waals surface area contributed by atoms with E-state index in [0.717, 1.165) is 32.1 Å². The molecule has 2 atom stereocenters. The SMILES string of the molecule is CCOC(=O)C(CC)(CCC(C)C)C(C(=O)O)C1CCCCC1. The van der Waals surface area contributed by atoms with Crippen LogP contribution in [0.25, 0.3) is 0 Å². The molecule has 1 aliphatic carbocycles. The molecule has 1 N–H and O–H groups in total. The number of carboxylic acids is 1. The van der Waals surface area contributed by atoms with Gasteiger partial charge in [0.2, 0.25) is 0 Å². The van der Waals surface area contributed by atoms with E-state index in [4.69, 9.17) is 4.74 Å². The Morgan fingerprint density at radius 2 is 1.78 bits per heavy atom. The Morgan fingerprint density at radius 3 is 2.22 bits per heavy atom. The second-order valence-corrected chi connectivity index (χ2v) is 7.38. The molecule has 0 radical (unpaired) electrons. The van der Waals surface area contributed by atoms with Gasteiger partial charge in [-0.1, -0.05) is 40.0 Å². The number of carbonyl (C=O) groups excluding carboxylic acids is 1. The molecule has 0 aromatic carbocycles. The zero-order valence-electron chi connectivity index (χ0n) is 15.3. The topological polar surface area (TPSA) is 63.6 Å². The third kappa shape index (κ3) is 4.95. The van der Waals surface area contributed by atoms with E-state index in [1.165, 1.54) is 6.42 Å². The van der Waals surface area contributed by atoms with Crippen LogP contribution < -0.4 is 0 Å². The van der Waals surface area contributed by atoms with E-state index < -0.39 is 17.3 Å². The van der Waals surface area contributed by atoms with Gasteiger partial charge in [0, 0.05) is 0 Å². The van der Waals surface area contributed by atoms with E-state index in [1.807, 2.05) is 6.92 Å². The third-order valence-electron chi connectivity index (χ3n) is 5.46. The van der Waals surface area contributed by atoms with E-state index in [0.29, 0.717) is 25.4 Å². The van der Waals surface area contributed by atoms with E-state index in [9.17, 15) is 14.7 Å². The predicted octanol–water partition coefficient (Wildman–Crippen LogP) is 4.66. The fourth-order valence-electron chi connectivity index (χ4n) is 4.10. The number of aliphatic carboxylic acids is 1. The summed E-state index contributed by atoms with van der Waals surface area (Å²) in [6, 6.07) is 0. The Labute approximate surface area is 141 Å². The van der Waals surface area contributed by atoms with Crippen LogP contribution in [0, 0.1) is 23.2 Å². The molecule has 2 unspecified atom stereocenters. The predicted molar refractivity (Wildman–Crippen MR) is 91.1 cm³/mol. The summed E-state index contributed by atoms with van der Waals surface area (Å²) in [7, 11) is 0. The molecule has 0 aromatic heterocycles. The minimum atomic E-state index is -0.881. The van der Waals surface area contributed by atoms with Crippen LogP contribution in [0.2, 0.25) is 0 Å². The number of hydrogen-bond donors (Lipinski definition) is 1. The molecular weight excluding hydrogens is 292 g/mol. The van der Waals surface area contributed by atoms with Gasteiger partial charge in [-0.05, 0) is 50.9 Å². The number of hydrogen-bond acceptors (Lipinski definition) is 3. The average Bonchev–Trinajstić information content (AvgIpc) is 2.51. The number of carbonyl (C=O) groups is 2. The quantitative estimate of drug-likeness (QED) is 0.626. The number of carboxylic acid groups (broad SMARTS) is 1. The summed E-state index contributed by atoms with van der Waals surface area (Å²) in [6.07, 6.45) is 7.14. The van der Waals surface area contributed by atoms with Gasteiger partial charge in [-0.15, -0.1) is 0 Å². The monoisotopic (exact) mass is 326 g/mol. The van der Waals surface area contributed by atoms with Crippen LogP contribution in [-0.2, 0) is 14.3 Å². The van der Waals surface area contributed by atoms with Crippen molar-refractivity contribution in [2.45, 2.75) is 79.1 Å². The fraction of sp³-hybridized carbons (Fsp3) is 0.895. The van der Waals surface area contributed by atoms with Crippen LogP contribution in [0.3, 0.4) is 0 Å². The lowest BCUT2D eigenvalue weighted by Gasteiger charge is -2.41. The van der Waals surface area contributed by atoms with Gasteiger partial charge in [-0.3, -0.25) is 9.59 Å². The minimum absolute atomic E-state index is 0.0952. The highest BCUT2D eigenvalue weighted by Gasteiger charge is 2.52. The first-order chi connectivity index (χ1) is 10.9. The molecule has 0 aromatic rings. The molecule has 0 heterocycles. The molecule has 1 saturated carbocycles. The summed E-state index contributed by atoms with van der Waals surface area (Å²) in [6.45, 7) is 8.26. The van der Waals surface area contributed by atoms with Crippen molar-refractivity contribution in [3.8, 4) is 0 Å². The summed E-state index contributed by atoms with van der Waals surface area (Å²) in [5, 5.41) is 9.97. The number of rotatable bonds is 9. The highest BCUT2D eigenvalue weighted by Crippen LogP contribution is 2.47. The van der Waals surface area contributed by atoms with Crippen LogP contribution in [0.5, 0.6) is 0 Å². The molecule has 4 heteroatoms. The zero-order chi connectivity index (χ0) is 17.5. The minimum Gasteiger partial charge on any atom is -0.481 e. The highest BCUT2D eigenvalue weighted by molar-refractivity contribution is 5.85. The summed E-state index contributed by atoms with van der Waals surface area (Å²) < 4.78 is 5.35. The second kappa shape index (κ2) is 9.29. The number of ether oxygens (including phenoxy) is 1. The lowest BCUT2D eigenvalue weighted by Crippen LogP contribution is -2.47. The molecule has 0 amide bonds. The standard InChI is InChI=1S/C19H34O4/c1-5-19(13-12-14(3)4,18(22)23-6-2)16(17(20)21)15-10-8-7-9-11-15/h14-16H,5-13H2,1-4H3,(H,20,21). The average molecular weight is 326 g/mol. The van der Waals surface area contributed by atoms with Crippen LogP contribution in [0.15, 0.2) is 0 Å². The van der Waals surface area contributed by atoms with Crippen molar-refractivity contribution in [1.82, 2.24) is 0 Å². The first kappa shape index (κ1) is 20.0. The van der Waals surface area contributed by atoms with Gasteiger partial charge in [-0.25, -0.2) is 0 Å². The molecule has 4 nitrogen and oxygen atoms in total. The first-order valence-corrected chi connectivity index (χ1v) is 9.29. The van der Waals surface area contributed by atoms with Crippen molar-refractivity contribution >= 4 is 11.9 Å². The third-order valence-corrected chi connectivity index (χ3v) is 5.46. The molecule has 1 aliphatic rings.